The lowest BCUT2D eigenvalue weighted by atomic mass is 10.0. The second kappa shape index (κ2) is 8.35. The molecule has 3 aromatic rings. The van der Waals surface area contributed by atoms with Gasteiger partial charge in [0.1, 0.15) is 0 Å². The van der Waals surface area contributed by atoms with E-state index >= 15 is 0 Å². The normalized spacial score (nSPS) is 18.0. The van der Waals surface area contributed by atoms with Gasteiger partial charge < -0.3 is 4.74 Å². The Kier molecular flexibility index (Phi) is 5.65. The summed E-state index contributed by atoms with van der Waals surface area (Å²) < 4.78 is 45.6. The Bertz CT molecular complexity index is 942. The Morgan fingerprint density at radius 1 is 0.966 bits per heavy atom. The van der Waals surface area contributed by atoms with Gasteiger partial charge in [-0.1, -0.05) is 54.6 Å². The zero-order valence-corrected chi connectivity index (χ0v) is 15.8. The van der Waals surface area contributed by atoms with Crippen LogP contribution in [0.3, 0.4) is 0 Å². The van der Waals surface area contributed by atoms with Gasteiger partial charge in [0.05, 0.1) is 24.0 Å². The highest BCUT2D eigenvalue weighted by molar-refractivity contribution is 5.64. The van der Waals surface area contributed by atoms with E-state index in [1.807, 2.05) is 24.3 Å². The van der Waals surface area contributed by atoms with E-state index in [2.05, 4.69) is 22.0 Å². The number of hydrogen-bond acceptors (Lipinski definition) is 3. The molecule has 1 fully saturated rings. The van der Waals surface area contributed by atoms with Crippen molar-refractivity contribution < 1.29 is 17.9 Å². The van der Waals surface area contributed by atoms with Crippen LogP contribution in [0.25, 0.3) is 11.3 Å². The summed E-state index contributed by atoms with van der Waals surface area (Å²) in [4.78, 5) is 6.59. The Labute approximate surface area is 167 Å². The van der Waals surface area contributed by atoms with Crippen LogP contribution in [0, 0.1) is 0 Å². The smallest absolute Gasteiger partial charge is 0.371 e. The Morgan fingerprint density at radius 3 is 2.45 bits per heavy atom. The Morgan fingerprint density at radius 2 is 1.72 bits per heavy atom. The largest absolute Gasteiger partial charge is 0.417 e. The van der Waals surface area contributed by atoms with Crippen LogP contribution in [0.1, 0.15) is 22.8 Å². The molecule has 0 amide bonds. The quantitative estimate of drug-likeness (QED) is 0.593. The summed E-state index contributed by atoms with van der Waals surface area (Å²) in [5.41, 5.74) is 1.87. The van der Waals surface area contributed by atoms with Crippen molar-refractivity contribution in [3.8, 4) is 11.3 Å². The number of aromatic nitrogens is 1. The second-order valence-electron chi connectivity index (χ2n) is 7.10. The molecular weight excluding hydrogens is 377 g/mol. The van der Waals surface area contributed by atoms with Gasteiger partial charge >= 0.3 is 6.18 Å². The summed E-state index contributed by atoms with van der Waals surface area (Å²) in [7, 11) is 0. The van der Waals surface area contributed by atoms with Gasteiger partial charge in [-0.05, 0) is 23.3 Å². The molecule has 0 unspecified atom stereocenters. The molecule has 1 atom stereocenters. The fourth-order valence-corrected chi connectivity index (χ4v) is 3.60. The number of hydrogen-bond donors (Lipinski definition) is 0. The summed E-state index contributed by atoms with van der Waals surface area (Å²) in [6.07, 6.45) is -2.72. The van der Waals surface area contributed by atoms with E-state index in [0.717, 1.165) is 30.3 Å². The van der Waals surface area contributed by atoms with Crippen molar-refractivity contribution in [1.29, 1.82) is 0 Å². The molecule has 3 nitrogen and oxygen atoms in total. The van der Waals surface area contributed by atoms with Crippen molar-refractivity contribution in [2.45, 2.75) is 18.8 Å². The molecule has 0 spiro atoms. The maximum Gasteiger partial charge on any atom is 0.417 e. The van der Waals surface area contributed by atoms with E-state index < -0.39 is 11.7 Å². The topological polar surface area (TPSA) is 25.4 Å². The number of morpholine rings is 1. The van der Waals surface area contributed by atoms with Crippen LogP contribution in [0.4, 0.5) is 13.2 Å². The lowest BCUT2D eigenvalue weighted by molar-refractivity contribution is -0.137. The summed E-state index contributed by atoms with van der Waals surface area (Å²) in [5.74, 6) is 0. The number of benzene rings is 2. The van der Waals surface area contributed by atoms with Crippen molar-refractivity contribution in [2.24, 2.45) is 0 Å². The van der Waals surface area contributed by atoms with Crippen LogP contribution >= 0.6 is 0 Å². The molecule has 6 heteroatoms. The first kappa shape index (κ1) is 19.6. The standard InChI is InChI=1S/C23H21F3N2O/c24-23(25,26)20-9-5-4-8-19(20)21-11-10-17(14-27-21)15-28-12-13-29-22(16-28)18-6-2-1-3-7-18/h1-11,14,22H,12-13,15-16H2/t22-/m1/s1. The van der Waals surface area contributed by atoms with Crippen LogP contribution in [0.2, 0.25) is 0 Å². The minimum atomic E-state index is -4.41. The van der Waals surface area contributed by atoms with Crippen LogP contribution in [0.15, 0.2) is 72.9 Å². The molecule has 1 aliphatic rings. The number of ether oxygens (including phenoxy) is 1. The molecule has 1 aliphatic heterocycles. The number of nitrogens with zero attached hydrogens (tertiary/aromatic N) is 2. The van der Waals surface area contributed by atoms with Crippen LogP contribution < -0.4 is 0 Å². The third kappa shape index (κ3) is 4.66. The first-order valence-corrected chi connectivity index (χ1v) is 9.51. The SMILES string of the molecule is FC(F)(F)c1ccccc1-c1ccc(CN2CCO[C@@H](c3ccccc3)C2)cn1. The minimum Gasteiger partial charge on any atom is -0.371 e. The van der Waals surface area contributed by atoms with Gasteiger partial charge in [-0.25, -0.2) is 0 Å². The Hall–Kier alpha value is -2.70. The molecule has 150 valence electrons. The molecule has 2 aromatic carbocycles. The molecular formula is C23H21F3N2O. The first-order valence-electron chi connectivity index (χ1n) is 9.51. The number of halogens is 3. The van der Waals surface area contributed by atoms with E-state index in [1.165, 1.54) is 12.1 Å². The van der Waals surface area contributed by atoms with Gasteiger partial charge in [-0.15, -0.1) is 0 Å². The summed E-state index contributed by atoms with van der Waals surface area (Å²) >= 11 is 0. The van der Waals surface area contributed by atoms with Crippen LogP contribution in [-0.2, 0) is 17.5 Å². The highest BCUT2D eigenvalue weighted by Gasteiger charge is 2.33. The highest BCUT2D eigenvalue weighted by atomic mass is 19.4. The lowest BCUT2D eigenvalue weighted by Crippen LogP contribution is -2.37. The van der Waals surface area contributed by atoms with Crippen molar-refractivity contribution in [3.05, 3.63) is 89.6 Å². The summed E-state index contributed by atoms with van der Waals surface area (Å²) in [5, 5.41) is 0. The van der Waals surface area contributed by atoms with E-state index in [-0.39, 0.29) is 11.7 Å². The molecule has 0 bridgehead atoms. The van der Waals surface area contributed by atoms with Gasteiger partial charge in [0.25, 0.3) is 0 Å². The second-order valence-corrected chi connectivity index (χ2v) is 7.10. The molecule has 29 heavy (non-hydrogen) atoms. The van der Waals surface area contributed by atoms with Gasteiger partial charge in [-0.2, -0.15) is 13.2 Å². The van der Waals surface area contributed by atoms with Gasteiger partial charge in [0.2, 0.25) is 0 Å². The zero-order valence-electron chi connectivity index (χ0n) is 15.8. The molecule has 0 saturated carbocycles. The number of pyridine rings is 1. The first-order chi connectivity index (χ1) is 14.0. The van der Waals surface area contributed by atoms with E-state index in [4.69, 9.17) is 4.74 Å². The van der Waals surface area contributed by atoms with Crippen molar-refractivity contribution in [2.75, 3.05) is 19.7 Å². The minimum absolute atomic E-state index is 0.0239. The molecule has 2 heterocycles. The molecule has 0 radical (unpaired) electrons. The third-order valence-corrected chi connectivity index (χ3v) is 5.06. The highest BCUT2D eigenvalue weighted by Crippen LogP contribution is 2.36. The molecule has 1 saturated heterocycles. The average molecular weight is 398 g/mol. The van der Waals surface area contributed by atoms with Gasteiger partial charge in [-0.3, -0.25) is 9.88 Å². The predicted molar refractivity (Wildman–Crippen MR) is 105 cm³/mol. The number of alkyl halides is 3. The van der Waals surface area contributed by atoms with Crippen LogP contribution in [-0.4, -0.2) is 29.6 Å². The molecule has 0 N–H and O–H groups in total. The fraction of sp³-hybridized carbons (Fsp3) is 0.261. The molecule has 1 aromatic heterocycles. The van der Waals surface area contributed by atoms with Crippen LogP contribution in [0.5, 0.6) is 0 Å². The average Bonchev–Trinajstić information content (AvgIpc) is 2.75. The monoisotopic (exact) mass is 398 g/mol. The zero-order chi connectivity index (χ0) is 20.3. The van der Waals surface area contributed by atoms with E-state index in [0.29, 0.717) is 18.8 Å². The molecule has 0 aliphatic carbocycles. The van der Waals surface area contributed by atoms with E-state index in [9.17, 15) is 13.2 Å². The summed E-state index contributed by atoms with van der Waals surface area (Å²) in [6.45, 7) is 2.90. The van der Waals surface area contributed by atoms with Crippen molar-refractivity contribution in [3.63, 3.8) is 0 Å². The maximum absolute atomic E-state index is 13.3. The maximum atomic E-state index is 13.3. The predicted octanol–water partition coefficient (Wildman–Crippen LogP) is 5.34. The number of rotatable bonds is 4. The van der Waals surface area contributed by atoms with Crippen molar-refractivity contribution in [1.82, 2.24) is 9.88 Å². The van der Waals surface area contributed by atoms with Gasteiger partial charge in [0, 0.05) is 31.4 Å². The third-order valence-electron chi connectivity index (χ3n) is 5.06. The van der Waals surface area contributed by atoms with E-state index in [1.54, 1.807) is 18.3 Å². The molecule has 4 rings (SSSR count). The Balaban J connectivity index is 1.47. The van der Waals surface area contributed by atoms with Gasteiger partial charge in [0.15, 0.2) is 0 Å². The summed E-state index contributed by atoms with van der Waals surface area (Å²) in [6, 6.07) is 19.1. The fourth-order valence-electron chi connectivity index (χ4n) is 3.60. The lowest BCUT2D eigenvalue weighted by Gasteiger charge is -2.33. The van der Waals surface area contributed by atoms with Crippen molar-refractivity contribution >= 4 is 0 Å².